The van der Waals surface area contributed by atoms with Gasteiger partial charge in [0.1, 0.15) is 0 Å². The van der Waals surface area contributed by atoms with Gasteiger partial charge in [0.05, 0.1) is 24.3 Å². The molecule has 4 heteroatoms. The van der Waals surface area contributed by atoms with Crippen LogP contribution in [0.15, 0.2) is 0 Å². The molecule has 2 aliphatic rings. The Morgan fingerprint density at radius 2 is 2.38 bits per heavy atom. The van der Waals surface area contributed by atoms with E-state index in [-0.39, 0.29) is 24.1 Å². The molecule has 2 heterocycles. The normalized spacial score (nSPS) is 34.0. The summed E-state index contributed by atoms with van der Waals surface area (Å²) < 4.78 is 5.69. The number of amides is 1. The maximum atomic E-state index is 11.8. The van der Waals surface area contributed by atoms with E-state index in [4.69, 9.17) is 10.5 Å². The lowest BCUT2D eigenvalue weighted by molar-refractivity contribution is -0.123. The number of rotatable bonds is 5. The maximum absolute atomic E-state index is 11.8. The molecule has 2 saturated heterocycles. The van der Waals surface area contributed by atoms with Crippen LogP contribution in [0.25, 0.3) is 0 Å². The zero-order valence-corrected chi connectivity index (χ0v) is 9.95. The van der Waals surface area contributed by atoms with Gasteiger partial charge in [-0.2, -0.15) is 0 Å². The lowest BCUT2D eigenvalue weighted by atomic mass is 9.95. The fraction of sp³-hybridized carbons (Fsp3) is 0.917. The third kappa shape index (κ3) is 2.55. The van der Waals surface area contributed by atoms with Gasteiger partial charge in [-0.15, -0.1) is 0 Å². The van der Waals surface area contributed by atoms with Crippen LogP contribution in [0.4, 0.5) is 0 Å². The molecule has 0 aliphatic carbocycles. The van der Waals surface area contributed by atoms with Crippen molar-refractivity contribution in [1.29, 1.82) is 0 Å². The minimum Gasteiger partial charge on any atom is -0.373 e. The summed E-state index contributed by atoms with van der Waals surface area (Å²) in [7, 11) is 0. The molecule has 2 aliphatic heterocycles. The lowest BCUT2D eigenvalue weighted by Gasteiger charge is -2.22. The van der Waals surface area contributed by atoms with Crippen molar-refractivity contribution in [2.75, 3.05) is 0 Å². The molecular formula is C12H22N2O2. The number of unbranched alkanes of at least 4 members (excludes halogenated alkanes) is 1. The van der Waals surface area contributed by atoms with Gasteiger partial charge >= 0.3 is 0 Å². The number of hydrogen-bond donors (Lipinski definition) is 2. The molecule has 2 bridgehead atoms. The monoisotopic (exact) mass is 226 g/mol. The zero-order chi connectivity index (χ0) is 11.5. The number of ether oxygens (including phenoxy) is 1. The van der Waals surface area contributed by atoms with Gasteiger partial charge in [-0.1, -0.05) is 19.8 Å². The van der Waals surface area contributed by atoms with Crippen LogP contribution in [-0.2, 0) is 9.53 Å². The van der Waals surface area contributed by atoms with Gasteiger partial charge in [0.25, 0.3) is 0 Å². The summed E-state index contributed by atoms with van der Waals surface area (Å²) >= 11 is 0. The molecule has 0 radical (unpaired) electrons. The highest BCUT2D eigenvalue weighted by Crippen LogP contribution is 2.34. The van der Waals surface area contributed by atoms with E-state index >= 15 is 0 Å². The Morgan fingerprint density at radius 3 is 2.94 bits per heavy atom. The Bertz CT molecular complexity index is 257. The predicted octanol–water partition coefficient (Wildman–Crippen LogP) is 0.940. The van der Waals surface area contributed by atoms with Crippen molar-refractivity contribution in [3.05, 3.63) is 0 Å². The molecule has 4 nitrogen and oxygen atoms in total. The van der Waals surface area contributed by atoms with Gasteiger partial charge < -0.3 is 15.8 Å². The number of carbonyl (C=O) groups is 1. The molecule has 3 N–H and O–H groups in total. The number of nitrogens with one attached hydrogen (secondary N) is 1. The summed E-state index contributed by atoms with van der Waals surface area (Å²) in [5.41, 5.74) is 5.83. The van der Waals surface area contributed by atoms with Crippen LogP contribution in [0.2, 0.25) is 0 Å². The maximum Gasteiger partial charge on any atom is 0.237 e. The minimum absolute atomic E-state index is 0.00500. The summed E-state index contributed by atoms with van der Waals surface area (Å²) in [6.45, 7) is 2.11. The summed E-state index contributed by atoms with van der Waals surface area (Å²) in [5, 5.41) is 3.03. The first kappa shape index (κ1) is 11.9. The summed E-state index contributed by atoms with van der Waals surface area (Å²) in [6.07, 6.45) is 6.70. The molecule has 2 rings (SSSR count). The minimum atomic E-state index is -0.348. The van der Waals surface area contributed by atoms with Crippen LogP contribution < -0.4 is 11.1 Å². The van der Waals surface area contributed by atoms with Crippen LogP contribution >= 0.6 is 0 Å². The van der Waals surface area contributed by atoms with Crippen molar-refractivity contribution < 1.29 is 9.53 Å². The van der Waals surface area contributed by atoms with Crippen molar-refractivity contribution in [3.8, 4) is 0 Å². The average molecular weight is 226 g/mol. The van der Waals surface area contributed by atoms with E-state index in [0.717, 1.165) is 38.5 Å². The molecule has 16 heavy (non-hydrogen) atoms. The van der Waals surface area contributed by atoms with Gasteiger partial charge in [0, 0.05) is 0 Å². The molecule has 0 saturated carbocycles. The topological polar surface area (TPSA) is 64.4 Å². The highest BCUT2D eigenvalue weighted by Gasteiger charge is 2.41. The fourth-order valence-corrected chi connectivity index (χ4v) is 2.63. The Kier molecular flexibility index (Phi) is 3.82. The van der Waals surface area contributed by atoms with E-state index in [1.165, 1.54) is 0 Å². The van der Waals surface area contributed by atoms with Crippen molar-refractivity contribution in [1.82, 2.24) is 5.32 Å². The van der Waals surface area contributed by atoms with Crippen LogP contribution in [0.3, 0.4) is 0 Å². The molecule has 3 unspecified atom stereocenters. The van der Waals surface area contributed by atoms with Gasteiger partial charge in [-0.05, 0) is 25.7 Å². The van der Waals surface area contributed by atoms with Crippen molar-refractivity contribution in [2.45, 2.75) is 69.7 Å². The van der Waals surface area contributed by atoms with Crippen molar-refractivity contribution in [3.63, 3.8) is 0 Å². The second-order valence-corrected chi connectivity index (χ2v) is 4.97. The standard InChI is InChI=1S/C12H22N2O2/c1-2-3-4-9(13)12(15)14-10-7-8-5-6-11(10)16-8/h8-11H,2-7,13H2,1H3,(H,14,15)/t8?,9-,10?,11?/m0/s1. The molecule has 0 aromatic heterocycles. The zero-order valence-electron chi connectivity index (χ0n) is 9.95. The summed E-state index contributed by atoms with van der Waals surface area (Å²) in [4.78, 5) is 11.8. The molecule has 0 aromatic carbocycles. The van der Waals surface area contributed by atoms with E-state index in [1.807, 2.05) is 0 Å². The first-order valence-electron chi connectivity index (χ1n) is 6.42. The smallest absolute Gasteiger partial charge is 0.237 e. The first-order chi connectivity index (χ1) is 7.70. The van der Waals surface area contributed by atoms with Crippen molar-refractivity contribution >= 4 is 5.91 Å². The Labute approximate surface area is 96.9 Å². The Morgan fingerprint density at radius 1 is 1.56 bits per heavy atom. The Balaban J connectivity index is 1.74. The van der Waals surface area contributed by atoms with E-state index in [1.54, 1.807) is 0 Å². The number of fused-ring (bicyclic) bond motifs is 2. The second kappa shape index (κ2) is 5.15. The highest BCUT2D eigenvalue weighted by molar-refractivity contribution is 5.81. The summed E-state index contributed by atoms with van der Waals surface area (Å²) in [6, 6.07) is -0.141. The molecule has 4 atom stereocenters. The van der Waals surface area contributed by atoms with Gasteiger partial charge in [0.2, 0.25) is 5.91 Å². The molecule has 1 amide bonds. The number of carbonyl (C=O) groups excluding carboxylic acids is 1. The number of nitrogens with two attached hydrogens (primary N) is 1. The highest BCUT2D eigenvalue weighted by atomic mass is 16.5. The molecule has 0 spiro atoms. The third-order valence-corrected chi connectivity index (χ3v) is 3.64. The molecular weight excluding hydrogens is 204 g/mol. The number of hydrogen-bond acceptors (Lipinski definition) is 3. The van der Waals surface area contributed by atoms with Crippen LogP contribution in [0.1, 0.15) is 45.4 Å². The van der Waals surface area contributed by atoms with E-state index in [0.29, 0.717) is 6.10 Å². The largest absolute Gasteiger partial charge is 0.373 e. The van der Waals surface area contributed by atoms with E-state index in [2.05, 4.69) is 12.2 Å². The molecule has 0 aromatic rings. The van der Waals surface area contributed by atoms with Crippen LogP contribution in [-0.4, -0.2) is 30.2 Å². The first-order valence-corrected chi connectivity index (χ1v) is 6.42. The fourth-order valence-electron chi connectivity index (χ4n) is 2.63. The van der Waals surface area contributed by atoms with Crippen molar-refractivity contribution in [2.24, 2.45) is 5.73 Å². The molecule has 2 fully saturated rings. The van der Waals surface area contributed by atoms with Gasteiger partial charge in [-0.25, -0.2) is 0 Å². The SMILES string of the molecule is CCCC[C@H](N)C(=O)NC1CC2CCC1O2. The van der Waals surface area contributed by atoms with Crippen LogP contribution in [0, 0.1) is 0 Å². The van der Waals surface area contributed by atoms with Gasteiger partial charge in [0.15, 0.2) is 0 Å². The lowest BCUT2D eigenvalue weighted by Crippen LogP contribution is -2.48. The second-order valence-electron chi connectivity index (χ2n) is 4.97. The quantitative estimate of drug-likeness (QED) is 0.733. The van der Waals surface area contributed by atoms with E-state index < -0.39 is 0 Å². The summed E-state index contributed by atoms with van der Waals surface area (Å²) in [5.74, 6) is -0.00500. The average Bonchev–Trinajstić information content (AvgIpc) is 2.87. The third-order valence-electron chi connectivity index (χ3n) is 3.64. The van der Waals surface area contributed by atoms with E-state index in [9.17, 15) is 4.79 Å². The van der Waals surface area contributed by atoms with Gasteiger partial charge in [-0.3, -0.25) is 4.79 Å². The Hall–Kier alpha value is -0.610. The predicted molar refractivity (Wildman–Crippen MR) is 61.9 cm³/mol. The molecule has 92 valence electrons. The van der Waals surface area contributed by atoms with Crippen LogP contribution in [0.5, 0.6) is 0 Å².